The smallest absolute Gasteiger partial charge is 0.321 e. The van der Waals surface area contributed by atoms with Gasteiger partial charge in [0, 0.05) is 13.1 Å². The third kappa shape index (κ3) is 3.19. The molecule has 0 radical (unpaired) electrons. The predicted molar refractivity (Wildman–Crippen MR) is 75.5 cm³/mol. The van der Waals surface area contributed by atoms with Gasteiger partial charge in [-0.1, -0.05) is 17.7 Å². The first-order chi connectivity index (χ1) is 8.99. The first kappa shape index (κ1) is 14.1. The molecule has 1 atom stereocenters. The molecule has 1 saturated heterocycles. The number of carbonyl (C=O) groups excluding carboxylic acids is 1. The van der Waals surface area contributed by atoms with E-state index in [1.165, 1.54) is 4.90 Å². The number of benzene rings is 1. The van der Waals surface area contributed by atoms with Crippen LogP contribution in [-0.2, 0) is 4.79 Å². The molecule has 19 heavy (non-hydrogen) atoms. The van der Waals surface area contributed by atoms with Gasteiger partial charge in [0.1, 0.15) is 0 Å². The Hall–Kier alpha value is -1.27. The highest BCUT2D eigenvalue weighted by molar-refractivity contribution is 9.10. The van der Waals surface area contributed by atoms with Crippen LogP contribution in [0.4, 0.5) is 10.5 Å². The maximum absolute atomic E-state index is 12.0. The number of urea groups is 1. The molecule has 7 heteroatoms. The van der Waals surface area contributed by atoms with E-state index in [0.717, 1.165) is 0 Å². The zero-order valence-electron chi connectivity index (χ0n) is 9.90. The van der Waals surface area contributed by atoms with Crippen LogP contribution >= 0.6 is 27.5 Å². The van der Waals surface area contributed by atoms with E-state index in [9.17, 15) is 9.59 Å². The predicted octanol–water partition coefficient (Wildman–Crippen LogP) is 3.04. The average molecular weight is 348 g/mol. The Kier molecular flexibility index (Phi) is 4.31. The molecule has 1 aromatic carbocycles. The van der Waals surface area contributed by atoms with Gasteiger partial charge in [-0.25, -0.2) is 4.79 Å². The largest absolute Gasteiger partial charge is 0.481 e. The number of carboxylic acid groups (broad SMARTS) is 1. The maximum atomic E-state index is 12.0. The number of rotatable bonds is 2. The third-order valence-corrected chi connectivity index (χ3v) is 4.42. The molecule has 1 aromatic rings. The summed E-state index contributed by atoms with van der Waals surface area (Å²) in [7, 11) is 0. The molecule has 0 saturated carbocycles. The van der Waals surface area contributed by atoms with E-state index in [1.807, 2.05) is 0 Å². The number of hydrogen-bond donors (Lipinski definition) is 2. The molecule has 2 amide bonds. The molecule has 1 fully saturated rings. The van der Waals surface area contributed by atoms with E-state index in [2.05, 4.69) is 21.2 Å². The van der Waals surface area contributed by atoms with Crippen LogP contribution in [-0.4, -0.2) is 35.1 Å². The summed E-state index contributed by atoms with van der Waals surface area (Å²) in [6.45, 7) is 0.681. The number of likely N-dealkylation sites (tertiary alicyclic amines) is 1. The average Bonchev–Trinajstić information content (AvgIpc) is 2.84. The van der Waals surface area contributed by atoms with Crippen molar-refractivity contribution >= 4 is 45.2 Å². The van der Waals surface area contributed by atoms with Crippen LogP contribution in [0.1, 0.15) is 6.42 Å². The number of anilines is 1. The summed E-state index contributed by atoms with van der Waals surface area (Å²) in [6, 6.07) is 4.84. The zero-order valence-corrected chi connectivity index (χ0v) is 12.2. The Bertz CT molecular complexity index is 524. The summed E-state index contributed by atoms with van der Waals surface area (Å²) in [5.41, 5.74) is 0.566. The molecule has 2 N–H and O–H groups in total. The van der Waals surface area contributed by atoms with E-state index < -0.39 is 11.9 Å². The minimum absolute atomic E-state index is 0.235. The van der Waals surface area contributed by atoms with Gasteiger partial charge >= 0.3 is 12.0 Å². The summed E-state index contributed by atoms with van der Waals surface area (Å²) in [6.07, 6.45) is 0.486. The molecule has 0 bridgehead atoms. The molecule has 0 aromatic heterocycles. The molecule has 1 unspecified atom stereocenters. The highest BCUT2D eigenvalue weighted by Crippen LogP contribution is 2.30. The van der Waals surface area contributed by atoms with Gasteiger partial charge in [-0.15, -0.1) is 0 Å². The van der Waals surface area contributed by atoms with E-state index in [0.29, 0.717) is 28.1 Å². The summed E-state index contributed by atoms with van der Waals surface area (Å²) in [4.78, 5) is 24.3. The highest BCUT2D eigenvalue weighted by atomic mass is 79.9. The number of nitrogens with zero attached hydrogens (tertiary/aromatic N) is 1. The lowest BCUT2D eigenvalue weighted by Gasteiger charge is -2.17. The van der Waals surface area contributed by atoms with E-state index in [1.54, 1.807) is 18.2 Å². The third-order valence-electron chi connectivity index (χ3n) is 3.02. The highest BCUT2D eigenvalue weighted by Gasteiger charge is 2.31. The Morgan fingerprint density at radius 3 is 2.84 bits per heavy atom. The molecule has 1 heterocycles. The van der Waals surface area contributed by atoms with Gasteiger partial charge in [-0.05, 0) is 34.5 Å². The second-order valence-electron chi connectivity index (χ2n) is 4.30. The van der Waals surface area contributed by atoms with Gasteiger partial charge in [-0.2, -0.15) is 0 Å². The molecule has 1 aliphatic heterocycles. The number of hydrogen-bond acceptors (Lipinski definition) is 2. The van der Waals surface area contributed by atoms with Gasteiger partial charge in [-0.3, -0.25) is 4.79 Å². The van der Waals surface area contributed by atoms with Crippen molar-refractivity contribution in [3.8, 4) is 0 Å². The van der Waals surface area contributed by atoms with E-state index in [-0.39, 0.29) is 12.6 Å². The van der Waals surface area contributed by atoms with E-state index >= 15 is 0 Å². The van der Waals surface area contributed by atoms with Gasteiger partial charge in [0.2, 0.25) is 0 Å². The Morgan fingerprint density at radius 2 is 2.21 bits per heavy atom. The molecular weight excluding hydrogens is 335 g/mol. The van der Waals surface area contributed by atoms with Gasteiger partial charge in [0.25, 0.3) is 0 Å². The van der Waals surface area contributed by atoms with Crippen LogP contribution in [0.3, 0.4) is 0 Å². The van der Waals surface area contributed by atoms with Gasteiger partial charge in [0.15, 0.2) is 0 Å². The SMILES string of the molecule is O=C(O)C1CCN(C(=O)Nc2cccc(Cl)c2Br)C1. The molecule has 0 spiro atoms. The molecule has 102 valence electrons. The Morgan fingerprint density at radius 1 is 1.47 bits per heavy atom. The number of halogens is 2. The van der Waals surface area contributed by atoms with Gasteiger partial charge in [0.05, 0.1) is 21.1 Å². The minimum atomic E-state index is -0.862. The van der Waals surface area contributed by atoms with Crippen molar-refractivity contribution in [3.63, 3.8) is 0 Å². The Balaban J connectivity index is 2.02. The first-order valence-corrected chi connectivity index (χ1v) is 6.89. The summed E-state index contributed by atoms with van der Waals surface area (Å²) in [5, 5.41) is 12.1. The van der Waals surface area contributed by atoms with Crippen molar-refractivity contribution in [1.82, 2.24) is 4.90 Å². The van der Waals surface area contributed by atoms with Crippen molar-refractivity contribution in [2.75, 3.05) is 18.4 Å². The summed E-state index contributed by atoms with van der Waals surface area (Å²) in [5.74, 6) is -1.34. The molecule has 2 rings (SSSR count). The normalized spacial score (nSPS) is 18.4. The molecule has 0 aliphatic carbocycles. The molecule has 5 nitrogen and oxygen atoms in total. The number of nitrogens with one attached hydrogen (secondary N) is 1. The van der Waals surface area contributed by atoms with Crippen molar-refractivity contribution in [1.29, 1.82) is 0 Å². The van der Waals surface area contributed by atoms with Crippen LogP contribution in [0.5, 0.6) is 0 Å². The lowest BCUT2D eigenvalue weighted by atomic mass is 10.1. The van der Waals surface area contributed by atoms with Gasteiger partial charge < -0.3 is 15.3 Å². The number of carboxylic acids is 1. The van der Waals surface area contributed by atoms with Crippen LogP contribution in [0.25, 0.3) is 0 Å². The zero-order chi connectivity index (χ0) is 14.0. The molecule has 1 aliphatic rings. The fraction of sp³-hybridized carbons (Fsp3) is 0.333. The molecular formula is C12H12BrClN2O3. The second kappa shape index (κ2) is 5.79. The topological polar surface area (TPSA) is 69.6 Å². The van der Waals surface area contributed by atoms with Crippen LogP contribution in [0.2, 0.25) is 5.02 Å². The lowest BCUT2D eigenvalue weighted by Crippen LogP contribution is -2.33. The fourth-order valence-electron chi connectivity index (χ4n) is 1.94. The minimum Gasteiger partial charge on any atom is -0.481 e. The van der Waals surface area contributed by atoms with Crippen molar-refractivity contribution in [2.45, 2.75) is 6.42 Å². The quantitative estimate of drug-likeness (QED) is 0.864. The Labute approximate surface area is 123 Å². The van der Waals surface area contributed by atoms with Crippen LogP contribution < -0.4 is 5.32 Å². The standard InChI is InChI=1S/C12H12BrClN2O3/c13-10-8(14)2-1-3-9(10)15-12(19)16-5-4-7(6-16)11(17)18/h1-3,7H,4-6H2,(H,15,19)(H,17,18). The fourth-order valence-corrected chi connectivity index (χ4v) is 2.48. The number of amides is 2. The van der Waals surface area contributed by atoms with Crippen molar-refractivity contribution < 1.29 is 14.7 Å². The number of aliphatic carboxylic acids is 1. The van der Waals surface area contributed by atoms with Crippen LogP contribution in [0.15, 0.2) is 22.7 Å². The monoisotopic (exact) mass is 346 g/mol. The van der Waals surface area contributed by atoms with Crippen molar-refractivity contribution in [2.24, 2.45) is 5.92 Å². The summed E-state index contributed by atoms with van der Waals surface area (Å²) >= 11 is 9.23. The summed E-state index contributed by atoms with van der Waals surface area (Å²) < 4.78 is 0.610. The second-order valence-corrected chi connectivity index (χ2v) is 5.50. The van der Waals surface area contributed by atoms with Crippen LogP contribution in [0, 0.1) is 5.92 Å². The van der Waals surface area contributed by atoms with Crippen molar-refractivity contribution in [3.05, 3.63) is 27.7 Å². The lowest BCUT2D eigenvalue weighted by molar-refractivity contribution is -0.141. The maximum Gasteiger partial charge on any atom is 0.321 e. The number of carbonyl (C=O) groups is 2. The van der Waals surface area contributed by atoms with E-state index in [4.69, 9.17) is 16.7 Å². The first-order valence-electron chi connectivity index (χ1n) is 5.72.